The van der Waals surface area contributed by atoms with Gasteiger partial charge in [0.1, 0.15) is 0 Å². The van der Waals surface area contributed by atoms with Gasteiger partial charge in [0.2, 0.25) is 6.41 Å². The van der Waals surface area contributed by atoms with E-state index in [0.717, 1.165) is 0 Å². The summed E-state index contributed by atoms with van der Waals surface area (Å²) >= 11 is 0. The molecule has 3 N–H and O–H groups in total. The third-order valence-corrected chi connectivity index (χ3v) is 0.451. The van der Waals surface area contributed by atoms with Crippen molar-refractivity contribution in [1.29, 1.82) is 0 Å². The van der Waals surface area contributed by atoms with Crippen LogP contribution in [-0.4, -0.2) is 16.2 Å². The molecule has 0 radical (unpaired) electrons. The minimum Gasteiger partial charge on any atom is -0.327 e. The van der Waals surface area contributed by atoms with E-state index in [0.29, 0.717) is 0 Å². The molecule has 0 atom stereocenters. The van der Waals surface area contributed by atoms with Crippen LogP contribution in [0.2, 0.25) is 0 Å². The number of carbonyl (C=O) groups excluding carboxylic acids is 1. The Morgan fingerprint density at radius 1 is 1.71 bits per heavy atom. The molecule has 0 aliphatic heterocycles. The van der Waals surface area contributed by atoms with Crippen LogP contribution in [-0.2, 0) is 9.42 Å². The highest BCUT2D eigenvalue weighted by molar-refractivity contribution is 7.39. The summed E-state index contributed by atoms with van der Waals surface area (Å²) in [5, 5.41) is 0. The van der Waals surface area contributed by atoms with Gasteiger partial charge < -0.3 is 9.79 Å². The van der Waals surface area contributed by atoms with Crippen LogP contribution in [0.4, 0.5) is 0 Å². The van der Waals surface area contributed by atoms with Gasteiger partial charge in [0, 0.05) is 0 Å². The van der Waals surface area contributed by atoms with Crippen molar-refractivity contribution in [2.75, 3.05) is 0 Å². The number of carbonyl (C=O) groups is 1. The highest BCUT2D eigenvalue weighted by Gasteiger charge is 1.93. The fourth-order valence-electron chi connectivity index (χ4n) is 0.0687. The van der Waals surface area contributed by atoms with Crippen molar-refractivity contribution in [3.8, 4) is 0 Å². The van der Waals surface area contributed by atoms with Crippen LogP contribution in [0, 0.1) is 0 Å². The number of hydrogen-bond donors (Lipinski definition) is 3. The van der Waals surface area contributed by atoms with Crippen molar-refractivity contribution in [2.45, 2.75) is 0 Å². The van der Waals surface area contributed by atoms with Crippen LogP contribution in [0.15, 0.2) is 0 Å². The smallest absolute Gasteiger partial charge is 0.327 e. The topological polar surface area (TPSA) is 78.8 Å². The predicted octanol–water partition coefficient (Wildman–Crippen LogP) is -1.12. The average Bonchev–Trinajstić information content (AvgIpc) is 1.61. The Bertz CT molecular complexity index is 55.7. The van der Waals surface area contributed by atoms with Crippen LogP contribution < -0.4 is 5.48 Å². The maximum Gasteiger partial charge on any atom is 0.350 e. The standard InChI is InChI=1S/CH4NO4P/c3-1-2-6-7(4)5/h1,4-5H,(H,2,3). The van der Waals surface area contributed by atoms with E-state index < -0.39 is 8.60 Å². The van der Waals surface area contributed by atoms with Gasteiger partial charge in [-0.1, -0.05) is 0 Å². The Hall–Kier alpha value is -0.220. The zero-order valence-corrected chi connectivity index (χ0v) is 4.13. The molecule has 0 rings (SSSR count). The highest BCUT2D eigenvalue weighted by atomic mass is 31.2. The van der Waals surface area contributed by atoms with Crippen molar-refractivity contribution >= 4 is 15.0 Å². The Morgan fingerprint density at radius 3 is 2.43 bits per heavy atom. The Kier molecular flexibility index (Phi) is 3.83. The molecule has 0 bridgehead atoms. The summed E-state index contributed by atoms with van der Waals surface area (Å²) in [6.07, 6.45) is 0.196. The van der Waals surface area contributed by atoms with Gasteiger partial charge in [-0.2, -0.15) is 4.62 Å². The summed E-state index contributed by atoms with van der Waals surface area (Å²) in [4.78, 5) is 25.0. The second-order valence-corrected chi connectivity index (χ2v) is 1.27. The molecule has 0 unspecified atom stereocenters. The van der Waals surface area contributed by atoms with E-state index in [4.69, 9.17) is 9.79 Å². The van der Waals surface area contributed by atoms with Gasteiger partial charge >= 0.3 is 8.60 Å². The second-order valence-electron chi connectivity index (χ2n) is 0.580. The largest absolute Gasteiger partial charge is 0.350 e. The van der Waals surface area contributed by atoms with Crippen LogP contribution in [0.1, 0.15) is 0 Å². The molecular formula is CH4NO4P. The molecule has 42 valence electrons. The summed E-state index contributed by atoms with van der Waals surface area (Å²) in [7, 11) is -2.45. The van der Waals surface area contributed by atoms with E-state index >= 15 is 0 Å². The van der Waals surface area contributed by atoms with Crippen LogP contribution in [0.5, 0.6) is 0 Å². The van der Waals surface area contributed by atoms with Crippen LogP contribution in [0.3, 0.4) is 0 Å². The summed E-state index contributed by atoms with van der Waals surface area (Å²) in [5.74, 6) is 0. The van der Waals surface area contributed by atoms with Gasteiger partial charge in [0.15, 0.2) is 0 Å². The number of hydroxylamine groups is 1. The summed E-state index contributed by atoms with van der Waals surface area (Å²) in [5.41, 5.74) is 1.60. The molecule has 6 heteroatoms. The Labute approximate surface area is 40.9 Å². The maximum atomic E-state index is 9.26. The highest BCUT2D eigenvalue weighted by Crippen LogP contribution is 2.20. The Morgan fingerprint density at radius 2 is 2.29 bits per heavy atom. The lowest BCUT2D eigenvalue weighted by Crippen LogP contribution is -2.06. The Balaban J connectivity index is 2.81. The summed E-state index contributed by atoms with van der Waals surface area (Å²) in [6, 6.07) is 0. The minimum atomic E-state index is -2.45. The molecule has 0 spiro atoms. The normalized spacial score (nSPS) is 9.00. The fourth-order valence-corrected chi connectivity index (χ4v) is 0.206. The summed E-state index contributed by atoms with van der Waals surface area (Å²) < 4.78 is 3.75. The molecule has 5 nitrogen and oxygen atoms in total. The van der Waals surface area contributed by atoms with Crippen molar-refractivity contribution in [3.63, 3.8) is 0 Å². The second kappa shape index (κ2) is 3.95. The number of amides is 1. The van der Waals surface area contributed by atoms with Crippen molar-refractivity contribution in [1.82, 2.24) is 5.48 Å². The van der Waals surface area contributed by atoms with Gasteiger partial charge in [-0.15, -0.1) is 0 Å². The molecule has 0 saturated heterocycles. The average molecular weight is 125 g/mol. The van der Waals surface area contributed by atoms with E-state index in [2.05, 4.69) is 4.62 Å². The lowest BCUT2D eigenvalue weighted by molar-refractivity contribution is -0.115. The molecule has 0 aromatic carbocycles. The molecule has 0 heterocycles. The predicted molar refractivity (Wildman–Crippen MR) is 21.6 cm³/mol. The molecule has 1 amide bonds. The molecule has 0 aromatic rings. The number of rotatable bonds is 3. The summed E-state index contributed by atoms with van der Waals surface area (Å²) in [6.45, 7) is 0. The van der Waals surface area contributed by atoms with Gasteiger partial charge in [-0.05, 0) is 0 Å². The zero-order valence-electron chi connectivity index (χ0n) is 3.24. The first kappa shape index (κ1) is 6.78. The molecule has 7 heavy (non-hydrogen) atoms. The van der Waals surface area contributed by atoms with Crippen molar-refractivity contribution < 1.29 is 19.2 Å². The first-order valence-electron chi connectivity index (χ1n) is 1.31. The minimum absolute atomic E-state index is 0.196. The third-order valence-electron chi connectivity index (χ3n) is 0.182. The van der Waals surface area contributed by atoms with E-state index in [1.54, 1.807) is 5.48 Å². The van der Waals surface area contributed by atoms with Crippen molar-refractivity contribution in [3.05, 3.63) is 0 Å². The lowest BCUT2D eigenvalue weighted by Gasteiger charge is -1.95. The third kappa shape index (κ3) is 5.78. The van der Waals surface area contributed by atoms with Crippen LogP contribution >= 0.6 is 8.60 Å². The lowest BCUT2D eigenvalue weighted by atomic mass is 11.5. The molecule has 0 aromatic heterocycles. The zero-order chi connectivity index (χ0) is 5.70. The molecule has 0 saturated carbocycles. The molecular weight excluding hydrogens is 121 g/mol. The van der Waals surface area contributed by atoms with Gasteiger partial charge in [-0.3, -0.25) is 4.79 Å². The first-order chi connectivity index (χ1) is 3.27. The first-order valence-corrected chi connectivity index (χ1v) is 2.48. The van der Waals surface area contributed by atoms with E-state index in [-0.39, 0.29) is 6.41 Å². The van der Waals surface area contributed by atoms with E-state index in [1.165, 1.54) is 0 Å². The van der Waals surface area contributed by atoms with E-state index in [1.807, 2.05) is 0 Å². The SMILES string of the molecule is O=CNOP(O)O. The maximum absolute atomic E-state index is 9.26. The van der Waals surface area contributed by atoms with Crippen molar-refractivity contribution in [2.24, 2.45) is 0 Å². The molecule has 0 aliphatic carbocycles. The molecule has 0 fully saturated rings. The van der Waals surface area contributed by atoms with Gasteiger partial charge in [-0.25, -0.2) is 5.48 Å². The van der Waals surface area contributed by atoms with E-state index in [9.17, 15) is 4.79 Å². The molecule has 0 aliphatic rings. The number of nitrogens with one attached hydrogen (secondary N) is 1. The van der Waals surface area contributed by atoms with Gasteiger partial charge in [0.05, 0.1) is 0 Å². The quantitative estimate of drug-likeness (QED) is 0.253. The number of hydrogen-bond acceptors (Lipinski definition) is 4. The fraction of sp³-hybridized carbons (Fsp3) is 0. The van der Waals surface area contributed by atoms with Gasteiger partial charge in [0.25, 0.3) is 0 Å². The van der Waals surface area contributed by atoms with Crippen LogP contribution in [0.25, 0.3) is 0 Å². The monoisotopic (exact) mass is 125 g/mol.